The van der Waals surface area contributed by atoms with E-state index in [9.17, 15) is 8.42 Å². The van der Waals surface area contributed by atoms with Gasteiger partial charge in [0.15, 0.2) is 0 Å². The summed E-state index contributed by atoms with van der Waals surface area (Å²) in [7, 11) is -3.45. The molecule has 17 heavy (non-hydrogen) atoms. The van der Waals surface area contributed by atoms with Gasteiger partial charge in [-0.15, -0.1) is 0 Å². The third kappa shape index (κ3) is 2.27. The van der Waals surface area contributed by atoms with Gasteiger partial charge in [-0.3, -0.25) is 0 Å². The molecule has 0 aliphatic carbocycles. The Labute approximate surface area is 106 Å². The van der Waals surface area contributed by atoms with E-state index in [1.165, 1.54) is 10.4 Å². The van der Waals surface area contributed by atoms with Gasteiger partial charge < -0.3 is 5.73 Å². The van der Waals surface area contributed by atoms with Crippen molar-refractivity contribution < 1.29 is 8.42 Å². The molecule has 2 N–H and O–H groups in total. The molecule has 6 heteroatoms. The van der Waals surface area contributed by atoms with Crippen LogP contribution < -0.4 is 5.73 Å². The Morgan fingerprint density at radius 2 is 1.88 bits per heavy atom. The van der Waals surface area contributed by atoms with Crippen molar-refractivity contribution in [1.29, 1.82) is 0 Å². The molecule has 1 aromatic rings. The first-order chi connectivity index (χ1) is 7.93. The zero-order chi connectivity index (χ0) is 12.6. The van der Waals surface area contributed by atoms with Crippen molar-refractivity contribution in [1.82, 2.24) is 4.31 Å². The number of nitrogens with zero attached hydrogens (tertiary/aromatic N) is 1. The number of benzene rings is 1. The summed E-state index contributed by atoms with van der Waals surface area (Å²) in [5, 5.41) is 0.353. The fourth-order valence-corrected chi connectivity index (χ4v) is 4.10. The third-order valence-corrected chi connectivity index (χ3v) is 5.29. The summed E-state index contributed by atoms with van der Waals surface area (Å²) in [6.45, 7) is 2.86. The molecule has 1 aliphatic rings. The summed E-state index contributed by atoms with van der Waals surface area (Å²) in [6.07, 6.45) is 1.82. The van der Waals surface area contributed by atoms with Crippen molar-refractivity contribution in [2.75, 3.05) is 18.8 Å². The molecule has 1 heterocycles. The van der Waals surface area contributed by atoms with Gasteiger partial charge in [0.1, 0.15) is 0 Å². The summed E-state index contributed by atoms with van der Waals surface area (Å²) in [5.41, 5.74) is 6.73. The van der Waals surface area contributed by atoms with Crippen molar-refractivity contribution in [2.45, 2.75) is 24.7 Å². The molecule has 0 saturated carbocycles. The normalized spacial score (nSPS) is 17.5. The molecule has 0 radical (unpaired) electrons. The second-order valence-corrected chi connectivity index (χ2v) is 6.57. The fraction of sp³-hybridized carbons (Fsp3) is 0.455. The average Bonchev–Trinajstić information content (AvgIpc) is 2.76. The SMILES string of the molecule is Cc1c(N)cc(Cl)cc1S(=O)(=O)N1CCCC1. The number of halogens is 1. The van der Waals surface area contributed by atoms with Crippen LogP contribution in [-0.4, -0.2) is 25.8 Å². The van der Waals surface area contributed by atoms with E-state index in [-0.39, 0.29) is 4.90 Å². The Hall–Kier alpha value is -0.780. The van der Waals surface area contributed by atoms with E-state index in [1.54, 1.807) is 13.0 Å². The van der Waals surface area contributed by atoms with E-state index in [0.29, 0.717) is 29.4 Å². The summed E-state index contributed by atoms with van der Waals surface area (Å²) in [5.74, 6) is 0. The lowest BCUT2D eigenvalue weighted by Gasteiger charge is -2.18. The first-order valence-electron chi connectivity index (χ1n) is 5.48. The third-order valence-electron chi connectivity index (χ3n) is 3.05. The molecule has 4 nitrogen and oxygen atoms in total. The Bertz CT molecular complexity index is 537. The summed E-state index contributed by atoms with van der Waals surface area (Å²) in [4.78, 5) is 0.226. The minimum atomic E-state index is -3.45. The molecule has 0 amide bonds. The van der Waals surface area contributed by atoms with Gasteiger partial charge in [0.05, 0.1) is 4.90 Å². The molecule has 0 bridgehead atoms. The zero-order valence-corrected chi connectivity index (χ0v) is 11.2. The molecule has 1 fully saturated rings. The lowest BCUT2D eigenvalue weighted by molar-refractivity contribution is 0.477. The molecule has 0 aromatic heterocycles. The lowest BCUT2D eigenvalue weighted by atomic mass is 10.2. The van der Waals surface area contributed by atoms with Gasteiger partial charge in [-0.2, -0.15) is 4.31 Å². The van der Waals surface area contributed by atoms with Gasteiger partial charge in [0.25, 0.3) is 0 Å². The molecular weight excluding hydrogens is 260 g/mol. The Morgan fingerprint density at radius 1 is 1.29 bits per heavy atom. The summed E-state index contributed by atoms with van der Waals surface area (Å²) in [6, 6.07) is 3.04. The monoisotopic (exact) mass is 274 g/mol. The number of hydrogen-bond acceptors (Lipinski definition) is 3. The highest BCUT2D eigenvalue weighted by molar-refractivity contribution is 7.89. The van der Waals surface area contributed by atoms with Crippen molar-refractivity contribution in [3.05, 3.63) is 22.7 Å². The molecule has 2 rings (SSSR count). The average molecular weight is 275 g/mol. The standard InChI is InChI=1S/C11H15ClN2O2S/c1-8-10(13)6-9(12)7-11(8)17(15,16)14-4-2-3-5-14/h6-7H,2-5,13H2,1H3. The van der Waals surface area contributed by atoms with Crippen molar-refractivity contribution >= 4 is 27.3 Å². The van der Waals surface area contributed by atoms with Crippen LogP contribution in [0.15, 0.2) is 17.0 Å². The second kappa shape index (κ2) is 4.48. The van der Waals surface area contributed by atoms with Crippen LogP contribution in [0.2, 0.25) is 5.02 Å². The summed E-state index contributed by atoms with van der Waals surface area (Å²) >= 11 is 5.87. The van der Waals surface area contributed by atoms with Gasteiger partial charge in [-0.1, -0.05) is 11.6 Å². The van der Waals surface area contributed by atoms with E-state index in [0.717, 1.165) is 12.8 Å². The van der Waals surface area contributed by atoms with Crippen LogP contribution in [0, 0.1) is 6.92 Å². The van der Waals surface area contributed by atoms with Gasteiger partial charge in [0, 0.05) is 23.8 Å². The highest BCUT2D eigenvalue weighted by Gasteiger charge is 2.29. The van der Waals surface area contributed by atoms with Crippen LogP contribution in [0.4, 0.5) is 5.69 Å². The minimum absolute atomic E-state index is 0.226. The highest BCUT2D eigenvalue weighted by Crippen LogP contribution is 2.29. The number of hydrogen-bond donors (Lipinski definition) is 1. The van der Waals surface area contributed by atoms with Crippen LogP contribution in [0.3, 0.4) is 0 Å². The Morgan fingerprint density at radius 3 is 2.47 bits per heavy atom. The van der Waals surface area contributed by atoms with Gasteiger partial charge in [-0.25, -0.2) is 8.42 Å². The van der Waals surface area contributed by atoms with E-state index in [1.807, 2.05) is 0 Å². The minimum Gasteiger partial charge on any atom is -0.398 e. The second-order valence-electron chi connectivity index (χ2n) is 4.23. The molecule has 1 aromatic carbocycles. The molecule has 0 atom stereocenters. The first kappa shape index (κ1) is 12.7. The number of anilines is 1. The number of nitrogen functional groups attached to an aromatic ring is 1. The maximum atomic E-state index is 12.4. The van der Waals surface area contributed by atoms with Crippen molar-refractivity contribution in [3.8, 4) is 0 Å². The quantitative estimate of drug-likeness (QED) is 0.839. The predicted octanol–water partition coefficient (Wildman–Crippen LogP) is 2.02. The largest absolute Gasteiger partial charge is 0.398 e. The van der Waals surface area contributed by atoms with Crippen LogP contribution in [0.1, 0.15) is 18.4 Å². The molecular formula is C11H15ClN2O2S. The molecule has 1 saturated heterocycles. The van der Waals surface area contributed by atoms with Gasteiger partial charge in [0.2, 0.25) is 10.0 Å². The number of rotatable bonds is 2. The smallest absolute Gasteiger partial charge is 0.243 e. The molecule has 0 spiro atoms. The van der Waals surface area contributed by atoms with E-state index in [4.69, 9.17) is 17.3 Å². The van der Waals surface area contributed by atoms with Gasteiger partial charge >= 0.3 is 0 Å². The van der Waals surface area contributed by atoms with Crippen LogP contribution in [0.25, 0.3) is 0 Å². The maximum Gasteiger partial charge on any atom is 0.243 e. The molecule has 0 unspecified atom stereocenters. The highest BCUT2D eigenvalue weighted by atomic mass is 35.5. The van der Waals surface area contributed by atoms with E-state index < -0.39 is 10.0 Å². The first-order valence-corrected chi connectivity index (χ1v) is 7.30. The number of nitrogens with two attached hydrogens (primary N) is 1. The van der Waals surface area contributed by atoms with E-state index >= 15 is 0 Å². The molecule has 94 valence electrons. The Kier molecular flexibility index (Phi) is 3.34. The predicted molar refractivity (Wildman–Crippen MR) is 68.6 cm³/mol. The molecule has 1 aliphatic heterocycles. The van der Waals surface area contributed by atoms with E-state index in [2.05, 4.69) is 0 Å². The van der Waals surface area contributed by atoms with Gasteiger partial charge in [-0.05, 0) is 37.5 Å². The topological polar surface area (TPSA) is 63.4 Å². The van der Waals surface area contributed by atoms with Crippen LogP contribution in [0.5, 0.6) is 0 Å². The van der Waals surface area contributed by atoms with Crippen LogP contribution in [-0.2, 0) is 10.0 Å². The fourth-order valence-electron chi connectivity index (χ4n) is 2.01. The number of sulfonamides is 1. The van der Waals surface area contributed by atoms with Crippen molar-refractivity contribution in [2.24, 2.45) is 0 Å². The van der Waals surface area contributed by atoms with Crippen molar-refractivity contribution in [3.63, 3.8) is 0 Å². The van der Waals surface area contributed by atoms with Crippen LogP contribution >= 0.6 is 11.6 Å². The maximum absolute atomic E-state index is 12.4. The summed E-state index contributed by atoms with van der Waals surface area (Å²) < 4.78 is 26.2. The Balaban J connectivity index is 2.52. The zero-order valence-electron chi connectivity index (χ0n) is 9.61. The lowest BCUT2D eigenvalue weighted by Crippen LogP contribution is -2.28.